The van der Waals surface area contributed by atoms with Crippen LogP contribution in [0.5, 0.6) is 0 Å². The van der Waals surface area contributed by atoms with Crippen molar-refractivity contribution in [2.45, 2.75) is 37.7 Å². The van der Waals surface area contributed by atoms with Gasteiger partial charge in [0.2, 0.25) is 0 Å². The highest BCUT2D eigenvalue weighted by Gasteiger charge is 2.36. The summed E-state index contributed by atoms with van der Waals surface area (Å²) in [7, 11) is 3.66. The van der Waals surface area contributed by atoms with Crippen molar-refractivity contribution in [3.63, 3.8) is 0 Å². The number of carbonyl (C=O) groups is 1. The number of hydrogen-bond acceptors (Lipinski definition) is 4. The fourth-order valence-corrected chi connectivity index (χ4v) is 2.62. The summed E-state index contributed by atoms with van der Waals surface area (Å²) in [6, 6.07) is 0. The Balaban J connectivity index is 2.31. The first kappa shape index (κ1) is 15.4. The molecule has 0 radical (unpaired) electrons. The Bertz CT molecular complexity index is 262. The van der Waals surface area contributed by atoms with Gasteiger partial charge in [0.25, 0.3) is 0 Å². The lowest BCUT2D eigenvalue weighted by molar-refractivity contribution is -0.145. The maximum absolute atomic E-state index is 10.9. The molecule has 5 nitrogen and oxygen atoms in total. The Morgan fingerprint density at radius 1 is 1.44 bits per heavy atom. The minimum atomic E-state index is -0.731. The van der Waals surface area contributed by atoms with E-state index in [9.17, 15) is 9.90 Å². The van der Waals surface area contributed by atoms with E-state index in [0.29, 0.717) is 32.2 Å². The molecule has 1 saturated carbocycles. The summed E-state index contributed by atoms with van der Waals surface area (Å²) < 4.78 is 4.99. The Kier molecular flexibility index (Phi) is 6.05. The van der Waals surface area contributed by atoms with Crippen molar-refractivity contribution in [3.8, 4) is 0 Å². The second kappa shape index (κ2) is 7.07. The van der Waals surface area contributed by atoms with E-state index in [4.69, 9.17) is 9.84 Å². The van der Waals surface area contributed by atoms with Crippen LogP contribution in [-0.2, 0) is 9.53 Å². The number of methoxy groups -OCH3 is 1. The van der Waals surface area contributed by atoms with Crippen LogP contribution < -0.4 is 0 Å². The average Bonchev–Trinajstić information content (AvgIpc) is 2.29. The number of nitrogens with zero attached hydrogens (tertiary/aromatic N) is 1. The molecule has 1 aliphatic carbocycles. The highest BCUT2D eigenvalue weighted by Crippen LogP contribution is 2.32. The quantitative estimate of drug-likeness (QED) is 0.666. The first-order valence-electron chi connectivity index (χ1n) is 6.59. The van der Waals surface area contributed by atoms with Crippen molar-refractivity contribution < 1.29 is 19.7 Å². The van der Waals surface area contributed by atoms with Gasteiger partial charge in [0.15, 0.2) is 0 Å². The molecule has 0 heterocycles. The predicted molar refractivity (Wildman–Crippen MR) is 68.5 cm³/mol. The van der Waals surface area contributed by atoms with Crippen LogP contribution in [0.2, 0.25) is 0 Å². The van der Waals surface area contributed by atoms with Gasteiger partial charge >= 0.3 is 5.97 Å². The van der Waals surface area contributed by atoms with Crippen molar-refractivity contribution in [3.05, 3.63) is 0 Å². The van der Waals surface area contributed by atoms with Crippen molar-refractivity contribution in [1.29, 1.82) is 0 Å². The van der Waals surface area contributed by atoms with Crippen LogP contribution in [-0.4, -0.2) is 60.5 Å². The van der Waals surface area contributed by atoms with Gasteiger partial charge in [0.05, 0.1) is 11.5 Å². The molecule has 0 saturated heterocycles. The second-order valence-corrected chi connectivity index (χ2v) is 5.42. The lowest BCUT2D eigenvalue weighted by atomic mass is 9.78. The Labute approximate surface area is 109 Å². The van der Waals surface area contributed by atoms with Gasteiger partial charge in [-0.15, -0.1) is 0 Å². The first-order valence-corrected chi connectivity index (χ1v) is 6.59. The van der Waals surface area contributed by atoms with Gasteiger partial charge in [0.1, 0.15) is 0 Å². The molecule has 5 heteroatoms. The lowest BCUT2D eigenvalue weighted by Crippen LogP contribution is -2.45. The standard InChI is InChI=1S/C13H25NO4/c1-14(8-3-9-18-2)10-13(17)6-4-11(5-7-13)12(15)16/h11,17H,3-10H2,1-2H3,(H,15,16). The number of carboxylic acids is 1. The van der Waals surface area contributed by atoms with E-state index in [2.05, 4.69) is 4.90 Å². The van der Waals surface area contributed by atoms with E-state index in [1.807, 2.05) is 7.05 Å². The minimum Gasteiger partial charge on any atom is -0.481 e. The number of rotatable bonds is 7. The van der Waals surface area contributed by atoms with Crippen molar-refractivity contribution in [2.75, 3.05) is 33.9 Å². The number of hydrogen-bond donors (Lipinski definition) is 2. The number of aliphatic hydroxyl groups is 1. The molecular formula is C13H25NO4. The summed E-state index contributed by atoms with van der Waals surface area (Å²) >= 11 is 0. The fourth-order valence-electron chi connectivity index (χ4n) is 2.62. The predicted octanol–water partition coefficient (Wildman–Crippen LogP) is 0.961. The third-order valence-corrected chi connectivity index (χ3v) is 3.72. The van der Waals surface area contributed by atoms with E-state index < -0.39 is 11.6 Å². The highest BCUT2D eigenvalue weighted by atomic mass is 16.5. The monoisotopic (exact) mass is 259 g/mol. The molecule has 0 atom stereocenters. The molecule has 0 amide bonds. The van der Waals surface area contributed by atoms with Gasteiger partial charge in [-0.1, -0.05) is 0 Å². The lowest BCUT2D eigenvalue weighted by Gasteiger charge is -2.37. The summed E-state index contributed by atoms with van der Waals surface area (Å²) in [4.78, 5) is 13.0. The van der Waals surface area contributed by atoms with Gasteiger partial charge in [-0.25, -0.2) is 0 Å². The normalized spacial score (nSPS) is 28.6. The van der Waals surface area contributed by atoms with Gasteiger partial charge < -0.3 is 19.8 Å². The van der Waals surface area contributed by atoms with Crippen molar-refractivity contribution >= 4 is 5.97 Å². The molecule has 0 unspecified atom stereocenters. The van der Waals surface area contributed by atoms with Gasteiger partial charge in [-0.3, -0.25) is 4.79 Å². The minimum absolute atomic E-state index is 0.274. The summed E-state index contributed by atoms with van der Waals surface area (Å²) in [5, 5.41) is 19.4. The highest BCUT2D eigenvalue weighted by molar-refractivity contribution is 5.70. The van der Waals surface area contributed by atoms with Gasteiger partial charge in [-0.2, -0.15) is 0 Å². The fraction of sp³-hybridized carbons (Fsp3) is 0.923. The molecule has 0 aromatic rings. The zero-order valence-electron chi connectivity index (χ0n) is 11.4. The number of ether oxygens (including phenoxy) is 1. The summed E-state index contributed by atoms with van der Waals surface area (Å²) in [6.45, 7) is 2.23. The smallest absolute Gasteiger partial charge is 0.306 e. The largest absolute Gasteiger partial charge is 0.481 e. The van der Waals surface area contributed by atoms with Crippen LogP contribution in [0.1, 0.15) is 32.1 Å². The van der Waals surface area contributed by atoms with Crippen molar-refractivity contribution in [2.24, 2.45) is 5.92 Å². The Morgan fingerprint density at radius 3 is 2.56 bits per heavy atom. The van der Waals surface area contributed by atoms with Crippen LogP contribution in [0.3, 0.4) is 0 Å². The van der Waals surface area contributed by atoms with Crippen LogP contribution >= 0.6 is 0 Å². The first-order chi connectivity index (χ1) is 8.47. The Morgan fingerprint density at radius 2 is 2.06 bits per heavy atom. The van der Waals surface area contributed by atoms with Gasteiger partial charge in [-0.05, 0) is 39.2 Å². The molecule has 0 aliphatic heterocycles. The topological polar surface area (TPSA) is 70.0 Å². The maximum atomic E-state index is 10.9. The second-order valence-electron chi connectivity index (χ2n) is 5.42. The average molecular weight is 259 g/mol. The summed E-state index contributed by atoms with van der Waals surface area (Å²) in [6.07, 6.45) is 3.27. The number of carboxylic acid groups (broad SMARTS) is 1. The molecular weight excluding hydrogens is 234 g/mol. The third-order valence-electron chi connectivity index (χ3n) is 3.72. The molecule has 0 bridgehead atoms. The van der Waals surface area contributed by atoms with Crippen LogP contribution in [0.15, 0.2) is 0 Å². The SMILES string of the molecule is COCCCN(C)CC1(O)CCC(C(=O)O)CC1. The van der Waals surface area contributed by atoms with Crippen molar-refractivity contribution in [1.82, 2.24) is 4.90 Å². The van der Waals surface area contributed by atoms with E-state index in [1.165, 1.54) is 0 Å². The Hall–Kier alpha value is -0.650. The van der Waals surface area contributed by atoms with Gasteiger partial charge in [0, 0.05) is 26.8 Å². The van der Waals surface area contributed by atoms with E-state index in [0.717, 1.165) is 19.6 Å². The summed E-state index contributed by atoms with van der Waals surface area (Å²) in [5.74, 6) is -1.01. The molecule has 0 aromatic heterocycles. The zero-order chi connectivity index (χ0) is 13.6. The molecule has 106 valence electrons. The molecule has 1 fully saturated rings. The summed E-state index contributed by atoms with van der Waals surface area (Å²) in [5.41, 5.74) is -0.715. The molecule has 1 rings (SSSR count). The maximum Gasteiger partial charge on any atom is 0.306 e. The van der Waals surface area contributed by atoms with E-state index >= 15 is 0 Å². The molecule has 18 heavy (non-hydrogen) atoms. The van der Waals surface area contributed by atoms with E-state index in [-0.39, 0.29) is 5.92 Å². The molecule has 0 aromatic carbocycles. The zero-order valence-corrected chi connectivity index (χ0v) is 11.4. The van der Waals surface area contributed by atoms with Crippen LogP contribution in [0, 0.1) is 5.92 Å². The number of aliphatic carboxylic acids is 1. The molecule has 1 aliphatic rings. The molecule has 2 N–H and O–H groups in total. The number of likely N-dealkylation sites (N-methyl/N-ethyl adjacent to an activating group) is 1. The van der Waals surface area contributed by atoms with Crippen LogP contribution in [0.25, 0.3) is 0 Å². The van der Waals surface area contributed by atoms with Crippen LogP contribution in [0.4, 0.5) is 0 Å². The molecule has 0 spiro atoms. The van der Waals surface area contributed by atoms with E-state index in [1.54, 1.807) is 7.11 Å². The third kappa shape index (κ3) is 4.92.